The van der Waals surface area contributed by atoms with Crippen molar-refractivity contribution in [2.75, 3.05) is 25.1 Å². The number of fused-ring (bicyclic) bond motifs is 1. The van der Waals surface area contributed by atoms with E-state index in [0.29, 0.717) is 16.9 Å². The predicted octanol–water partition coefficient (Wildman–Crippen LogP) is -0.304. The molecule has 0 aliphatic carbocycles. The van der Waals surface area contributed by atoms with Crippen LogP contribution in [0.3, 0.4) is 0 Å². The molecule has 0 atom stereocenters. The maximum absolute atomic E-state index is 11.7. The van der Waals surface area contributed by atoms with Crippen molar-refractivity contribution < 1.29 is 19.6 Å². The molecule has 8 heteroatoms. The molecule has 2 heterocycles. The molecular weight excluding hydrogens is 285 g/mol. The first-order valence-electron chi connectivity index (χ1n) is 7.10. The van der Waals surface area contributed by atoms with Gasteiger partial charge in [0.2, 0.25) is 0 Å². The van der Waals surface area contributed by atoms with E-state index in [0.717, 1.165) is 25.9 Å². The average molecular weight is 301 g/mol. The molecule has 2 aromatic rings. The van der Waals surface area contributed by atoms with Gasteiger partial charge in [0.05, 0.1) is 29.9 Å². The van der Waals surface area contributed by atoms with Gasteiger partial charge in [-0.1, -0.05) is 0 Å². The number of ether oxygens (including phenoxy) is 1. The van der Waals surface area contributed by atoms with Crippen molar-refractivity contribution in [3.63, 3.8) is 0 Å². The molecule has 0 bridgehead atoms. The van der Waals surface area contributed by atoms with Gasteiger partial charge in [-0.2, -0.15) is 0 Å². The molecule has 0 spiro atoms. The van der Waals surface area contributed by atoms with Crippen LogP contribution in [0.2, 0.25) is 0 Å². The first-order chi connectivity index (χ1) is 10.6. The van der Waals surface area contributed by atoms with Crippen LogP contribution >= 0.6 is 0 Å². The summed E-state index contributed by atoms with van der Waals surface area (Å²) in [6.07, 6.45) is 3.86. The molecule has 1 aromatic heterocycles. The SMILES string of the molecule is COC(=O)c1cc(B(O)O)c2nc(N3CCCC3)cnc2c1. The summed E-state index contributed by atoms with van der Waals surface area (Å²) in [7, 11) is -0.473. The lowest BCUT2D eigenvalue weighted by Crippen LogP contribution is -2.32. The largest absolute Gasteiger partial charge is 0.490 e. The van der Waals surface area contributed by atoms with E-state index in [1.807, 2.05) is 0 Å². The summed E-state index contributed by atoms with van der Waals surface area (Å²) in [6.45, 7) is 1.83. The van der Waals surface area contributed by atoms with Crippen molar-refractivity contribution in [2.45, 2.75) is 12.8 Å². The van der Waals surface area contributed by atoms with E-state index in [4.69, 9.17) is 0 Å². The van der Waals surface area contributed by atoms with Gasteiger partial charge in [0, 0.05) is 18.6 Å². The predicted molar refractivity (Wildman–Crippen MR) is 82.2 cm³/mol. The maximum Gasteiger partial charge on any atom is 0.490 e. The van der Waals surface area contributed by atoms with Gasteiger partial charge in [-0.3, -0.25) is 4.98 Å². The summed E-state index contributed by atoms with van der Waals surface area (Å²) < 4.78 is 4.67. The molecule has 1 aromatic carbocycles. The maximum atomic E-state index is 11.7. The van der Waals surface area contributed by atoms with Crippen LogP contribution in [0, 0.1) is 0 Å². The lowest BCUT2D eigenvalue weighted by Gasteiger charge is -2.17. The number of hydrogen-bond donors (Lipinski definition) is 2. The van der Waals surface area contributed by atoms with Crippen LogP contribution in [0.25, 0.3) is 11.0 Å². The third-order valence-electron chi connectivity index (χ3n) is 3.79. The molecule has 1 saturated heterocycles. The molecule has 3 rings (SSSR count). The minimum absolute atomic E-state index is 0.145. The second-order valence-electron chi connectivity index (χ2n) is 5.22. The molecule has 22 heavy (non-hydrogen) atoms. The quantitative estimate of drug-likeness (QED) is 0.593. The molecular formula is C14H16BN3O4. The van der Waals surface area contributed by atoms with Crippen LogP contribution in [0.4, 0.5) is 5.82 Å². The fraction of sp³-hybridized carbons (Fsp3) is 0.357. The number of esters is 1. The van der Waals surface area contributed by atoms with E-state index in [1.54, 1.807) is 6.20 Å². The fourth-order valence-electron chi connectivity index (χ4n) is 2.66. The number of methoxy groups -OCH3 is 1. The number of anilines is 1. The minimum Gasteiger partial charge on any atom is -0.465 e. The van der Waals surface area contributed by atoms with Crippen molar-refractivity contribution >= 4 is 35.4 Å². The number of rotatable bonds is 3. The van der Waals surface area contributed by atoms with Gasteiger partial charge in [-0.25, -0.2) is 9.78 Å². The standard InChI is InChI=1S/C14H16BN3O4/c1-22-14(19)9-6-10(15(20)21)13-11(7-9)16-8-12(17-13)18-4-2-3-5-18/h6-8,20-21H,2-5H2,1H3. The number of benzene rings is 1. The Bertz CT molecular complexity index is 717. The van der Waals surface area contributed by atoms with Gasteiger partial charge >= 0.3 is 13.1 Å². The highest BCUT2D eigenvalue weighted by atomic mass is 16.5. The first kappa shape index (κ1) is 14.7. The summed E-state index contributed by atoms with van der Waals surface area (Å²) in [5.74, 6) is 0.145. The minimum atomic E-state index is -1.74. The molecule has 2 N–H and O–H groups in total. The Balaban J connectivity index is 2.14. The van der Waals surface area contributed by atoms with Gasteiger partial charge in [0.1, 0.15) is 5.82 Å². The van der Waals surface area contributed by atoms with Gasteiger partial charge in [-0.05, 0) is 25.0 Å². The molecule has 7 nitrogen and oxygen atoms in total. The first-order valence-corrected chi connectivity index (χ1v) is 7.10. The fourth-order valence-corrected chi connectivity index (χ4v) is 2.66. The Morgan fingerprint density at radius 2 is 2.05 bits per heavy atom. The van der Waals surface area contributed by atoms with Crippen LogP contribution in [0.1, 0.15) is 23.2 Å². The second kappa shape index (κ2) is 5.90. The summed E-state index contributed by atoms with van der Waals surface area (Å²) in [6, 6.07) is 2.91. The van der Waals surface area contributed by atoms with Gasteiger partial charge in [0.25, 0.3) is 0 Å². The number of hydrogen-bond acceptors (Lipinski definition) is 7. The lowest BCUT2D eigenvalue weighted by atomic mass is 9.78. The van der Waals surface area contributed by atoms with Crippen molar-refractivity contribution in [3.8, 4) is 0 Å². The zero-order chi connectivity index (χ0) is 15.7. The van der Waals surface area contributed by atoms with Crippen molar-refractivity contribution in [2.24, 2.45) is 0 Å². The molecule has 0 unspecified atom stereocenters. The highest BCUT2D eigenvalue weighted by Gasteiger charge is 2.22. The summed E-state index contributed by atoms with van der Waals surface area (Å²) in [4.78, 5) is 22.6. The van der Waals surface area contributed by atoms with Crippen LogP contribution in [0.15, 0.2) is 18.3 Å². The number of carbonyl (C=O) groups excluding carboxylic acids is 1. The summed E-state index contributed by atoms with van der Waals surface area (Å²) >= 11 is 0. The van der Waals surface area contributed by atoms with E-state index in [2.05, 4.69) is 19.6 Å². The Morgan fingerprint density at radius 3 is 2.68 bits per heavy atom. The lowest BCUT2D eigenvalue weighted by molar-refractivity contribution is 0.0601. The average Bonchev–Trinajstić information content (AvgIpc) is 3.06. The normalized spacial score (nSPS) is 14.4. The summed E-state index contributed by atoms with van der Waals surface area (Å²) in [5, 5.41) is 19.2. The van der Waals surface area contributed by atoms with Crippen molar-refractivity contribution in [1.82, 2.24) is 9.97 Å². The molecule has 1 aliphatic heterocycles. The van der Waals surface area contributed by atoms with Crippen LogP contribution in [-0.4, -0.2) is 53.3 Å². The smallest absolute Gasteiger partial charge is 0.465 e. The molecule has 114 valence electrons. The van der Waals surface area contributed by atoms with Crippen LogP contribution in [-0.2, 0) is 4.74 Å². The topological polar surface area (TPSA) is 95.8 Å². The third kappa shape index (κ3) is 2.62. The zero-order valence-electron chi connectivity index (χ0n) is 12.2. The monoisotopic (exact) mass is 301 g/mol. The van der Waals surface area contributed by atoms with Crippen LogP contribution < -0.4 is 10.4 Å². The molecule has 0 radical (unpaired) electrons. The van der Waals surface area contributed by atoms with Crippen molar-refractivity contribution in [1.29, 1.82) is 0 Å². The van der Waals surface area contributed by atoms with Crippen molar-refractivity contribution in [3.05, 3.63) is 23.9 Å². The Kier molecular flexibility index (Phi) is 3.95. The highest BCUT2D eigenvalue weighted by Crippen LogP contribution is 2.20. The van der Waals surface area contributed by atoms with E-state index in [1.165, 1.54) is 19.2 Å². The van der Waals surface area contributed by atoms with E-state index >= 15 is 0 Å². The van der Waals surface area contributed by atoms with E-state index in [-0.39, 0.29) is 11.0 Å². The molecule has 0 saturated carbocycles. The number of carbonyl (C=O) groups is 1. The third-order valence-corrected chi connectivity index (χ3v) is 3.79. The highest BCUT2D eigenvalue weighted by molar-refractivity contribution is 6.61. The van der Waals surface area contributed by atoms with E-state index < -0.39 is 13.1 Å². The summed E-state index contributed by atoms with van der Waals surface area (Å²) in [5.41, 5.74) is 1.16. The van der Waals surface area contributed by atoms with Gasteiger partial charge in [-0.15, -0.1) is 0 Å². The Hall–Kier alpha value is -2.19. The van der Waals surface area contributed by atoms with Crippen LogP contribution in [0.5, 0.6) is 0 Å². The number of aromatic nitrogens is 2. The van der Waals surface area contributed by atoms with Gasteiger partial charge in [0.15, 0.2) is 0 Å². The number of nitrogens with zero attached hydrogens (tertiary/aromatic N) is 3. The van der Waals surface area contributed by atoms with Gasteiger partial charge < -0.3 is 19.7 Å². The molecule has 1 fully saturated rings. The van der Waals surface area contributed by atoms with E-state index in [9.17, 15) is 14.8 Å². The molecule has 1 aliphatic rings. The Morgan fingerprint density at radius 1 is 1.32 bits per heavy atom. The Labute approximate surface area is 127 Å². The second-order valence-corrected chi connectivity index (χ2v) is 5.22. The molecule has 0 amide bonds. The zero-order valence-corrected chi connectivity index (χ0v) is 12.2.